The van der Waals surface area contributed by atoms with Gasteiger partial charge < -0.3 is 18.9 Å². The molecule has 0 aliphatic carbocycles. The van der Waals surface area contributed by atoms with Crippen molar-refractivity contribution in [1.82, 2.24) is 4.90 Å². The Morgan fingerprint density at radius 1 is 1.33 bits per heavy atom. The first kappa shape index (κ1) is 20.4. The number of nitro groups is 1. The summed E-state index contributed by atoms with van der Waals surface area (Å²) in [6.07, 6.45) is 1.66. The first-order valence-electron chi connectivity index (χ1n) is 8.40. The minimum absolute atomic E-state index is 0.0401. The van der Waals surface area contributed by atoms with Gasteiger partial charge in [-0.3, -0.25) is 19.8 Å². The average molecular weight is 382 g/mol. The summed E-state index contributed by atoms with van der Waals surface area (Å²) in [4.78, 5) is 36.6. The number of hydrogen-bond acceptors (Lipinski definition) is 8. The van der Waals surface area contributed by atoms with E-state index in [9.17, 15) is 19.7 Å². The molecule has 1 aromatic rings. The molecule has 10 heteroatoms. The number of carbonyl (C=O) groups is 2. The van der Waals surface area contributed by atoms with Crippen LogP contribution >= 0.6 is 0 Å². The lowest BCUT2D eigenvalue weighted by molar-refractivity contribution is -0.385. The molecule has 148 valence electrons. The maximum atomic E-state index is 12.9. The van der Waals surface area contributed by atoms with Gasteiger partial charge >= 0.3 is 5.97 Å². The van der Waals surface area contributed by atoms with Gasteiger partial charge in [0.15, 0.2) is 17.5 Å². The molecule has 0 bridgehead atoms. The Kier molecular flexibility index (Phi) is 6.94. The van der Waals surface area contributed by atoms with Crippen molar-refractivity contribution in [2.75, 3.05) is 34.2 Å². The van der Waals surface area contributed by atoms with Crippen molar-refractivity contribution >= 4 is 17.6 Å². The highest BCUT2D eigenvalue weighted by Crippen LogP contribution is 2.36. The number of esters is 1. The molecule has 1 aliphatic rings. The lowest BCUT2D eigenvalue weighted by Crippen LogP contribution is -2.42. The fourth-order valence-electron chi connectivity index (χ4n) is 2.60. The number of unbranched alkanes of at least 4 members (excludes halogenated alkanes) is 1. The molecule has 1 aliphatic heterocycles. The second kappa shape index (κ2) is 9.17. The Hall–Kier alpha value is -2.88. The summed E-state index contributed by atoms with van der Waals surface area (Å²) >= 11 is 0. The normalized spacial score (nSPS) is 16.1. The number of hydrogen-bond donors (Lipinski definition) is 0. The van der Waals surface area contributed by atoms with Crippen LogP contribution in [0.4, 0.5) is 5.69 Å². The van der Waals surface area contributed by atoms with Gasteiger partial charge in [-0.2, -0.15) is 0 Å². The van der Waals surface area contributed by atoms with E-state index in [0.717, 1.165) is 23.8 Å². The molecule has 10 nitrogen and oxygen atoms in total. The molecule has 0 radical (unpaired) electrons. The number of nitro benzene ring substituents is 1. The summed E-state index contributed by atoms with van der Waals surface area (Å²) in [5, 5.41) is 11.5. The largest absolute Gasteiger partial charge is 0.493 e. The number of methoxy groups -OCH3 is 2. The summed E-state index contributed by atoms with van der Waals surface area (Å²) in [7, 11) is 2.57. The van der Waals surface area contributed by atoms with E-state index in [-0.39, 0.29) is 30.4 Å². The second-order valence-electron chi connectivity index (χ2n) is 5.79. The third-order valence-corrected chi connectivity index (χ3v) is 4.08. The van der Waals surface area contributed by atoms with Crippen molar-refractivity contribution in [3.05, 3.63) is 27.8 Å². The van der Waals surface area contributed by atoms with Crippen LogP contribution in [0, 0.1) is 10.1 Å². The van der Waals surface area contributed by atoms with Crippen molar-refractivity contribution in [2.24, 2.45) is 0 Å². The molecule has 1 atom stereocenters. The Morgan fingerprint density at radius 2 is 2.07 bits per heavy atom. The molecule has 0 saturated carbocycles. The van der Waals surface area contributed by atoms with Crippen LogP contribution in [0.2, 0.25) is 0 Å². The van der Waals surface area contributed by atoms with Crippen LogP contribution in [0.5, 0.6) is 11.5 Å². The van der Waals surface area contributed by atoms with Gasteiger partial charge in [0.1, 0.15) is 12.3 Å². The average Bonchev–Trinajstić information content (AvgIpc) is 3.16. The lowest BCUT2D eigenvalue weighted by atomic mass is 10.1. The predicted molar refractivity (Wildman–Crippen MR) is 92.8 cm³/mol. The van der Waals surface area contributed by atoms with E-state index < -0.39 is 28.5 Å². The molecule has 1 saturated heterocycles. The quantitative estimate of drug-likeness (QED) is 0.289. The SMILES string of the molecule is CCCCOc1cc([N+](=O)[O-])c(C(=O)N2COC[C@H]2C(=O)OC)cc1OC. The van der Waals surface area contributed by atoms with Gasteiger partial charge in [0, 0.05) is 6.07 Å². The zero-order chi connectivity index (χ0) is 20.0. The van der Waals surface area contributed by atoms with Crippen LogP contribution in [0.25, 0.3) is 0 Å². The minimum atomic E-state index is -0.964. The number of ether oxygens (including phenoxy) is 4. The number of benzene rings is 1. The van der Waals surface area contributed by atoms with Crippen LogP contribution in [-0.2, 0) is 14.3 Å². The number of carbonyl (C=O) groups excluding carboxylic acids is 2. The van der Waals surface area contributed by atoms with Crippen LogP contribution in [0.3, 0.4) is 0 Å². The highest BCUT2D eigenvalue weighted by Gasteiger charge is 2.39. The van der Waals surface area contributed by atoms with Crippen LogP contribution < -0.4 is 9.47 Å². The monoisotopic (exact) mass is 382 g/mol. The first-order valence-corrected chi connectivity index (χ1v) is 8.40. The molecule has 1 aromatic carbocycles. The molecule has 0 aromatic heterocycles. The molecule has 1 heterocycles. The fraction of sp³-hybridized carbons (Fsp3) is 0.529. The molecule has 27 heavy (non-hydrogen) atoms. The summed E-state index contributed by atoms with van der Waals surface area (Å²) in [6, 6.07) is 1.44. The van der Waals surface area contributed by atoms with Gasteiger partial charge in [-0.1, -0.05) is 13.3 Å². The Morgan fingerprint density at radius 3 is 2.67 bits per heavy atom. The first-order chi connectivity index (χ1) is 12.9. The number of nitrogens with zero attached hydrogens (tertiary/aromatic N) is 2. The smallest absolute Gasteiger partial charge is 0.331 e. The third kappa shape index (κ3) is 4.45. The van der Waals surface area contributed by atoms with Crippen LogP contribution in [0.15, 0.2) is 12.1 Å². The van der Waals surface area contributed by atoms with Gasteiger partial charge in [0.05, 0.1) is 38.4 Å². The molecule has 0 unspecified atom stereocenters. The molecular weight excluding hydrogens is 360 g/mol. The minimum Gasteiger partial charge on any atom is -0.493 e. The van der Waals surface area contributed by atoms with Gasteiger partial charge in [-0.25, -0.2) is 4.79 Å². The van der Waals surface area contributed by atoms with Gasteiger partial charge in [0.2, 0.25) is 0 Å². The zero-order valence-corrected chi connectivity index (χ0v) is 15.4. The zero-order valence-electron chi connectivity index (χ0n) is 15.4. The van der Waals surface area contributed by atoms with Crippen LogP contribution in [0.1, 0.15) is 30.1 Å². The number of amides is 1. The van der Waals surface area contributed by atoms with E-state index in [2.05, 4.69) is 4.74 Å². The van der Waals surface area contributed by atoms with E-state index in [1.807, 2.05) is 6.92 Å². The van der Waals surface area contributed by atoms with E-state index in [4.69, 9.17) is 14.2 Å². The Balaban J connectivity index is 2.40. The van der Waals surface area contributed by atoms with Crippen molar-refractivity contribution in [3.8, 4) is 11.5 Å². The highest BCUT2D eigenvalue weighted by molar-refractivity contribution is 6.01. The molecule has 0 N–H and O–H groups in total. The molecule has 1 amide bonds. The maximum Gasteiger partial charge on any atom is 0.331 e. The molecule has 0 spiro atoms. The molecule has 1 fully saturated rings. The van der Waals surface area contributed by atoms with E-state index in [1.165, 1.54) is 20.3 Å². The van der Waals surface area contributed by atoms with Crippen LogP contribution in [-0.4, -0.2) is 61.9 Å². The van der Waals surface area contributed by atoms with Crippen molar-refractivity contribution in [3.63, 3.8) is 0 Å². The lowest BCUT2D eigenvalue weighted by Gasteiger charge is -2.21. The third-order valence-electron chi connectivity index (χ3n) is 4.08. The molecule has 2 rings (SSSR count). The summed E-state index contributed by atoms with van der Waals surface area (Å²) in [5.41, 5.74) is -0.665. The van der Waals surface area contributed by atoms with Gasteiger partial charge in [-0.15, -0.1) is 0 Å². The Bertz CT molecular complexity index is 721. The summed E-state index contributed by atoms with van der Waals surface area (Å²) in [5.74, 6) is -1.02. The van der Waals surface area contributed by atoms with Crippen molar-refractivity contribution in [2.45, 2.75) is 25.8 Å². The summed E-state index contributed by atoms with van der Waals surface area (Å²) in [6.45, 7) is 2.14. The Labute approximate surface area is 156 Å². The van der Waals surface area contributed by atoms with Crippen molar-refractivity contribution < 1.29 is 33.5 Å². The predicted octanol–water partition coefficient (Wildman–Crippen LogP) is 1.75. The fourth-order valence-corrected chi connectivity index (χ4v) is 2.60. The van der Waals surface area contributed by atoms with Gasteiger partial charge in [-0.05, 0) is 6.42 Å². The standard InChI is InChI=1S/C17H22N2O8/c1-4-5-6-27-15-8-12(19(22)23)11(7-14(15)24-2)16(20)18-10-26-9-13(18)17(21)25-3/h7-8,13H,4-6,9-10H2,1-3H3/t13-/m0/s1. The van der Waals surface area contributed by atoms with E-state index in [0.29, 0.717) is 6.61 Å². The van der Waals surface area contributed by atoms with E-state index >= 15 is 0 Å². The van der Waals surface area contributed by atoms with Gasteiger partial charge in [0.25, 0.3) is 11.6 Å². The second-order valence-corrected chi connectivity index (χ2v) is 5.79. The topological polar surface area (TPSA) is 117 Å². The van der Waals surface area contributed by atoms with Crippen molar-refractivity contribution in [1.29, 1.82) is 0 Å². The molecular formula is C17H22N2O8. The summed E-state index contributed by atoms with van der Waals surface area (Å²) < 4.78 is 20.6. The number of rotatable bonds is 8. The maximum absolute atomic E-state index is 12.9. The highest BCUT2D eigenvalue weighted by atomic mass is 16.6. The van der Waals surface area contributed by atoms with E-state index in [1.54, 1.807) is 0 Å².